The molecule has 2 aliphatic rings. The molecule has 0 aliphatic heterocycles. The Hall–Kier alpha value is -0.830. The first-order chi connectivity index (χ1) is 8.08. The topological polar surface area (TPSA) is 49.3 Å². The largest absolute Gasteiger partial charge is 0.478 e. The van der Waals surface area contributed by atoms with E-state index >= 15 is 0 Å². The van der Waals surface area contributed by atoms with Crippen molar-refractivity contribution in [2.75, 3.05) is 6.54 Å². The second-order valence-corrected chi connectivity index (χ2v) is 5.73. The van der Waals surface area contributed by atoms with Gasteiger partial charge in [0.15, 0.2) is 0 Å². The Morgan fingerprint density at radius 3 is 2.76 bits per heavy atom. The molecule has 0 aromatic heterocycles. The van der Waals surface area contributed by atoms with E-state index < -0.39 is 5.97 Å². The average Bonchev–Trinajstić information content (AvgIpc) is 2.90. The van der Waals surface area contributed by atoms with Gasteiger partial charge in [-0.1, -0.05) is 12.5 Å². The molecule has 2 rings (SSSR count). The number of hydrogen-bond donors (Lipinski definition) is 2. The summed E-state index contributed by atoms with van der Waals surface area (Å²) >= 11 is 0. The van der Waals surface area contributed by atoms with E-state index in [1.807, 2.05) is 0 Å². The standard InChI is InChI=1S/C14H23NO2/c1-9(14(16)17)5-6-15-10(2)13-8-11-3-4-12(13)7-11/h5,10-13,15H,3-4,6-8H2,1-2H3,(H,16,17)/b9-5-. The van der Waals surface area contributed by atoms with Crippen LogP contribution in [-0.4, -0.2) is 23.7 Å². The molecular weight excluding hydrogens is 214 g/mol. The summed E-state index contributed by atoms with van der Waals surface area (Å²) in [6.07, 6.45) is 7.42. The molecule has 3 nitrogen and oxygen atoms in total. The molecular formula is C14H23NO2. The normalized spacial score (nSPS) is 34.0. The highest BCUT2D eigenvalue weighted by atomic mass is 16.4. The third kappa shape index (κ3) is 2.89. The number of carboxylic acid groups (broad SMARTS) is 1. The quantitative estimate of drug-likeness (QED) is 0.722. The summed E-state index contributed by atoms with van der Waals surface area (Å²) in [5.41, 5.74) is 0.428. The van der Waals surface area contributed by atoms with Gasteiger partial charge in [0, 0.05) is 18.2 Å². The first-order valence-electron chi connectivity index (χ1n) is 6.71. The highest BCUT2D eigenvalue weighted by Gasteiger charge is 2.41. The summed E-state index contributed by atoms with van der Waals surface area (Å²) in [5, 5.41) is 12.2. The molecule has 0 aromatic carbocycles. The SMILES string of the molecule is C/C(=C/CNC(C)C1CC2CCC1C2)C(=O)O. The zero-order chi connectivity index (χ0) is 12.4. The highest BCUT2D eigenvalue weighted by molar-refractivity contribution is 5.85. The molecule has 3 heteroatoms. The molecule has 2 N–H and O–H groups in total. The average molecular weight is 237 g/mol. The fourth-order valence-corrected chi connectivity index (χ4v) is 3.54. The van der Waals surface area contributed by atoms with E-state index in [1.54, 1.807) is 13.0 Å². The molecule has 0 heterocycles. The van der Waals surface area contributed by atoms with Gasteiger partial charge in [-0.25, -0.2) is 4.79 Å². The summed E-state index contributed by atoms with van der Waals surface area (Å²) in [4.78, 5) is 10.6. The highest BCUT2D eigenvalue weighted by Crippen LogP contribution is 2.49. The van der Waals surface area contributed by atoms with E-state index in [1.165, 1.54) is 25.7 Å². The van der Waals surface area contributed by atoms with Gasteiger partial charge in [-0.05, 0) is 50.9 Å². The maximum atomic E-state index is 10.6. The van der Waals surface area contributed by atoms with Crippen LogP contribution in [0.1, 0.15) is 39.5 Å². The summed E-state index contributed by atoms with van der Waals surface area (Å²) in [5.74, 6) is 1.89. The van der Waals surface area contributed by atoms with E-state index in [9.17, 15) is 4.79 Å². The number of carbonyl (C=O) groups is 1. The van der Waals surface area contributed by atoms with Crippen LogP contribution in [0.15, 0.2) is 11.6 Å². The van der Waals surface area contributed by atoms with Crippen molar-refractivity contribution in [3.63, 3.8) is 0 Å². The fraction of sp³-hybridized carbons (Fsp3) is 0.786. The lowest BCUT2D eigenvalue weighted by Gasteiger charge is -2.28. The van der Waals surface area contributed by atoms with Gasteiger partial charge in [-0.15, -0.1) is 0 Å². The monoisotopic (exact) mass is 237 g/mol. The lowest BCUT2D eigenvalue weighted by Crippen LogP contribution is -2.36. The number of nitrogens with one attached hydrogen (secondary N) is 1. The van der Waals surface area contributed by atoms with E-state index in [2.05, 4.69) is 12.2 Å². The number of rotatable bonds is 5. The van der Waals surface area contributed by atoms with Crippen LogP contribution in [0.5, 0.6) is 0 Å². The van der Waals surface area contributed by atoms with E-state index in [-0.39, 0.29) is 0 Å². The molecule has 96 valence electrons. The Bertz CT molecular complexity index is 324. The molecule has 0 saturated heterocycles. The molecule has 17 heavy (non-hydrogen) atoms. The van der Waals surface area contributed by atoms with Gasteiger partial charge in [0.2, 0.25) is 0 Å². The van der Waals surface area contributed by atoms with Gasteiger partial charge in [0.25, 0.3) is 0 Å². The van der Waals surface area contributed by atoms with Crippen LogP contribution < -0.4 is 5.32 Å². The van der Waals surface area contributed by atoms with Crippen LogP contribution in [0.2, 0.25) is 0 Å². The van der Waals surface area contributed by atoms with Crippen molar-refractivity contribution in [3.05, 3.63) is 11.6 Å². The van der Waals surface area contributed by atoms with Crippen LogP contribution in [0.25, 0.3) is 0 Å². The molecule has 4 atom stereocenters. The maximum absolute atomic E-state index is 10.6. The number of hydrogen-bond acceptors (Lipinski definition) is 2. The first-order valence-corrected chi connectivity index (χ1v) is 6.71. The fourth-order valence-electron chi connectivity index (χ4n) is 3.54. The Balaban J connectivity index is 1.76. The van der Waals surface area contributed by atoms with Crippen LogP contribution in [0.3, 0.4) is 0 Å². The number of aliphatic carboxylic acids is 1. The van der Waals surface area contributed by atoms with Crippen molar-refractivity contribution in [1.82, 2.24) is 5.32 Å². The van der Waals surface area contributed by atoms with E-state index in [0.717, 1.165) is 17.8 Å². The van der Waals surface area contributed by atoms with Crippen molar-refractivity contribution in [2.24, 2.45) is 17.8 Å². The van der Waals surface area contributed by atoms with Gasteiger partial charge in [0.1, 0.15) is 0 Å². The Kier molecular flexibility index (Phi) is 3.87. The molecule has 0 aromatic rings. The minimum absolute atomic E-state index is 0.428. The number of carboxylic acids is 1. The van der Waals surface area contributed by atoms with Gasteiger partial charge in [-0.3, -0.25) is 0 Å². The predicted octanol–water partition coefficient (Wildman–Crippen LogP) is 2.43. The minimum Gasteiger partial charge on any atom is -0.478 e. The van der Waals surface area contributed by atoms with Gasteiger partial charge in [0.05, 0.1) is 0 Å². The first kappa shape index (κ1) is 12.6. The lowest BCUT2D eigenvalue weighted by atomic mass is 9.84. The third-order valence-corrected chi connectivity index (χ3v) is 4.62. The van der Waals surface area contributed by atoms with Crippen LogP contribution in [0, 0.1) is 17.8 Å². The summed E-state index contributed by atoms with van der Waals surface area (Å²) in [6.45, 7) is 4.56. The third-order valence-electron chi connectivity index (χ3n) is 4.62. The second-order valence-electron chi connectivity index (χ2n) is 5.73. The lowest BCUT2D eigenvalue weighted by molar-refractivity contribution is -0.132. The molecule has 2 saturated carbocycles. The van der Waals surface area contributed by atoms with Gasteiger partial charge >= 0.3 is 5.97 Å². The summed E-state index contributed by atoms with van der Waals surface area (Å²) < 4.78 is 0. The Morgan fingerprint density at radius 1 is 1.47 bits per heavy atom. The van der Waals surface area contributed by atoms with Gasteiger partial charge < -0.3 is 10.4 Å². The van der Waals surface area contributed by atoms with Crippen LogP contribution in [-0.2, 0) is 4.79 Å². The van der Waals surface area contributed by atoms with Crippen LogP contribution >= 0.6 is 0 Å². The molecule has 2 fully saturated rings. The molecule has 0 amide bonds. The number of fused-ring (bicyclic) bond motifs is 2. The Labute approximate surface area is 103 Å². The second kappa shape index (κ2) is 5.21. The predicted molar refractivity (Wildman–Crippen MR) is 67.8 cm³/mol. The smallest absolute Gasteiger partial charge is 0.330 e. The molecule has 0 radical (unpaired) electrons. The zero-order valence-electron chi connectivity index (χ0n) is 10.8. The van der Waals surface area contributed by atoms with Crippen molar-refractivity contribution < 1.29 is 9.90 Å². The summed E-state index contributed by atoms with van der Waals surface area (Å²) in [6, 6.07) is 0.517. The Morgan fingerprint density at radius 2 is 2.24 bits per heavy atom. The molecule has 4 unspecified atom stereocenters. The van der Waals surface area contributed by atoms with E-state index in [0.29, 0.717) is 18.2 Å². The van der Waals surface area contributed by atoms with Crippen molar-refractivity contribution in [2.45, 2.75) is 45.6 Å². The minimum atomic E-state index is -0.820. The van der Waals surface area contributed by atoms with Crippen LogP contribution in [0.4, 0.5) is 0 Å². The molecule has 0 spiro atoms. The molecule has 2 bridgehead atoms. The van der Waals surface area contributed by atoms with Crippen molar-refractivity contribution >= 4 is 5.97 Å². The molecule has 2 aliphatic carbocycles. The van der Waals surface area contributed by atoms with Crippen molar-refractivity contribution in [3.8, 4) is 0 Å². The van der Waals surface area contributed by atoms with E-state index in [4.69, 9.17) is 5.11 Å². The maximum Gasteiger partial charge on any atom is 0.330 e. The zero-order valence-corrected chi connectivity index (χ0v) is 10.8. The van der Waals surface area contributed by atoms with Gasteiger partial charge in [-0.2, -0.15) is 0 Å². The summed E-state index contributed by atoms with van der Waals surface area (Å²) in [7, 11) is 0. The van der Waals surface area contributed by atoms with Crippen molar-refractivity contribution in [1.29, 1.82) is 0 Å².